The van der Waals surface area contributed by atoms with Gasteiger partial charge in [0.25, 0.3) is 5.91 Å². The molecule has 0 bridgehead atoms. The number of hydrogen-bond acceptors (Lipinski definition) is 3. The lowest BCUT2D eigenvalue weighted by Gasteiger charge is -2.09. The first-order valence-electron chi connectivity index (χ1n) is 9.55. The van der Waals surface area contributed by atoms with Gasteiger partial charge in [0.1, 0.15) is 0 Å². The van der Waals surface area contributed by atoms with Crippen LogP contribution >= 0.6 is 27.3 Å². The summed E-state index contributed by atoms with van der Waals surface area (Å²) in [7, 11) is 0. The summed E-state index contributed by atoms with van der Waals surface area (Å²) in [5, 5.41) is 3.16. The Labute approximate surface area is 181 Å². The fraction of sp³-hybridized carbons (Fsp3) is 0.174. The van der Waals surface area contributed by atoms with E-state index in [1.807, 2.05) is 42.6 Å². The molecule has 0 aliphatic heterocycles. The van der Waals surface area contributed by atoms with Gasteiger partial charge in [-0.3, -0.25) is 14.3 Å². The zero-order chi connectivity index (χ0) is 20.2. The minimum atomic E-state index is -0.246. The van der Waals surface area contributed by atoms with Gasteiger partial charge in [-0.15, -0.1) is 11.3 Å². The Morgan fingerprint density at radius 2 is 1.97 bits per heavy atom. The molecule has 0 aliphatic carbocycles. The van der Waals surface area contributed by atoms with Gasteiger partial charge >= 0.3 is 0 Å². The lowest BCUT2D eigenvalue weighted by molar-refractivity contribution is 0.0998. The maximum atomic E-state index is 12.7. The number of carbonyl (C=O) groups excluding carboxylic acids is 1. The van der Waals surface area contributed by atoms with Crippen LogP contribution in [0.25, 0.3) is 16.6 Å². The number of hydrogen-bond donors (Lipinski definition) is 0. The number of fused-ring (bicyclic) bond motifs is 1. The van der Waals surface area contributed by atoms with E-state index in [2.05, 4.69) is 48.8 Å². The monoisotopic (exact) mass is 465 g/mol. The summed E-state index contributed by atoms with van der Waals surface area (Å²) < 4.78 is 3.00. The van der Waals surface area contributed by atoms with E-state index in [0.717, 1.165) is 46.0 Å². The van der Waals surface area contributed by atoms with Crippen LogP contribution in [0.1, 0.15) is 35.8 Å². The maximum absolute atomic E-state index is 12.7. The molecule has 2 aromatic heterocycles. The molecule has 0 unspecified atom stereocenters. The number of para-hydroxylation sites is 1. The number of aryl methyl sites for hydroxylation is 1. The average molecular weight is 466 g/mol. The predicted molar refractivity (Wildman–Crippen MR) is 122 cm³/mol. The van der Waals surface area contributed by atoms with Crippen LogP contribution in [0, 0.1) is 0 Å². The van der Waals surface area contributed by atoms with Gasteiger partial charge in [0, 0.05) is 26.5 Å². The van der Waals surface area contributed by atoms with Crippen molar-refractivity contribution in [3.8, 4) is 5.69 Å². The number of halogens is 1. The molecule has 4 aromatic rings. The van der Waals surface area contributed by atoms with Crippen molar-refractivity contribution in [1.29, 1.82) is 0 Å². The van der Waals surface area contributed by atoms with Crippen molar-refractivity contribution in [2.75, 3.05) is 0 Å². The van der Waals surface area contributed by atoms with Gasteiger partial charge < -0.3 is 0 Å². The maximum Gasteiger partial charge on any atom is 0.279 e. The Kier molecular flexibility index (Phi) is 6.02. The first kappa shape index (κ1) is 19.7. The van der Waals surface area contributed by atoms with Crippen molar-refractivity contribution in [1.82, 2.24) is 9.55 Å². The van der Waals surface area contributed by atoms with E-state index in [1.165, 1.54) is 11.3 Å². The number of aromatic nitrogens is 2. The highest BCUT2D eigenvalue weighted by Crippen LogP contribution is 2.19. The molecule has 0 spiro atoms. The minimum absolute atomic E-state index is 0.246. The molecule has 6 heteroatoms. The molecular formula is C23H20BrN3OS. The second kappa shape index (κ2) is 8.84. The normalized spacial score (nSPS) is 11.9. The summed E-state index contributed by atoms with van der Waals surface area (Å²) >= 11 is 4.89. The largest absolute Gasteiger partial charge is 0.288 e. The second-order valence-electron chi connectivity index (χ2n) is 6.76. The molecule has 0 fully saturated rings. The van der Waals surface area contributed by atoms with Crippen LogP contribution in [0.15, 0.2) is 75.6 Å². The lowest BCUT2D eigenvalue weighted by atomic mass is 10.2. The minimum Gasteiger partial charge on any atom is -0.288 e. The molecule has 4 nitrogen and oxygen atoms in total. The van der Waals surface area contributed by atoms with Crippen LogP contribution < -0.4 is 4.80 Å². The summed E-state index contributed by atoms with van der Waals surface area (Å²) in [6.45, 7) is 2.18. The van der Waals surface area contributed by atoms with E-state index < -0.39 is 0 Å². The van der Waals surface area contributed by atoms with Crippen LogP contribution in [0.3, 0.4) is 0 Å². The molecule has 0 saturated heterocycles. The highest BCUT2D eigenvalue weighted by molar-refractivity contribution is 9.10. The van der Waals surface area contributed by atoms with Crippen molar-refractivity contribution in [2.24, 2.45) is 4.99 Å². The third-order valence-electron chi connectivity index (χ3n) is 4.69. The Morgan fingerprint density at radius 3 is 2.76 bits per heavy atom. The number of carbonyl (C=O) groups is 1. The van der Waals surface area contributed by atoms with Gasteiger partial charge in [-0.25, -0.2) is 0 Å². The van der Waals surface area contributed by atoms with Gasteiger partial charge in [-0.2, -0.15) is 4.99 Å². The number of thiazole rings is 1. The Bertz CT molecular complexity index is 1220. The molecule has 4 rings (SSSR count). The lowest BCUT2D eigenvalue weighted by Crippen LogP contribution is -2.18. The highest BCUT2D eigenvalue weighted by atomic mass is 79.9. The Morgan fingerprint density at radius 1 is 1.17 bits per heavy atom. The predicted octanol–water partition coefficient (Wildman–Crippen LogP) is 5.93. The van der Waals surface area contributed by atoms with Crippen molar-refractivity contribution in [2.45, 2.75) is 26.2 Å². The Hall–Kier alpha value is -2.57. The van der Waals surface area contributed by atoms with Gasteiger partial charge in [0.05, 0.1) is 17.4 Å². The van der Waals surface area contributed by atoms with E-state index in [-0.39, 0.29) is 5.91 Å². The fourth-order valence-corrected chi connectivity index (χ4v) is 4.35. The number of pyridine rings is 1. The van der Waals surface area contributed by atoms with Gasteiger partial charge in [0.15, 0.2) is 4.80 Å². The topological polar surface area (TPSA) is 47.2 Å². The van der Waals surface area contributed by atoms with Crippen LogP contribution in [-0.4, -0.2) is 15.5 Å². The summed E-state index contributed by atoms with van der Waals surface area (Å²) in [4.78, 5) is 22.5. The van der Waals surface area contributed by atoms with Crippen molar-refractivity contribution < 1.29 is 4.79 Å². The first-order valence-corrected chi connectivity index (χ1v) is 11.2. The second-order valence-corrected chi connectivity index (χ2v) is 8.51. The third kappa shape index (κ3) is 4.38. The van der Waals surface area contributed by atoms with E-state index >= 15 is 0 Å². The average Bonchev–Trinajstić information content (AvgIpc) is 3.14. The molecule has 0 N–H and O–H groups in total. The van der Waals surface area contributed by atoms with Gasteiger partial charge in [0.2, 0.25) is 0 Å². The molecule has 0 atom stereocenters. The SMILES string of the molecule is CCCCc1csc(=NC(=O)c2ccc(Br)cc2)n1-c1cnc2ccccc2c1. The van der Waals surface area contributed by atoms with Gasteiger partial charge in [-0.05, 0) is 49.2 Å². The van der Waals surface area contributed by atoms with Crippen LogP contribution in [-0.2, 0) is 6.42 Å². The van der Waals surface area contributed by atoms with E-state index in [1.54, 1.807) is 12.1 Å². The molecule has 0 saturated carbocycles. The third-order valence-corrected chi connectivity index (χ3v) is 6.09. The zero-order valence-electron chi connectivity index (χ0n) is 16.0. The molecule has 146 valence electrons. The molecule has 1 amide bonds. The van der Waals surface area contributed by atoms with E-state index in [0.29, 0.717) is 10.4 Å². The number of unbranched alkanes of at least 4 members (excludes halogenated alkanes) is 1. The molecule has 29 heavy (non-hydrogen) atoms. The zero-order valence-corrected chi connectivity index (χ0v) is 18.4. The van der Waals surface area contributed by atoms with Crippen molar-refractivity contribution in [3.63, 3.8) is 0 Å². The number of benzene rings is 2. The fourth-order valence-electron chi connectivity index (χ4n) is 3.16. The molecule has 2 heterocycles. The summed E-state index contributed by atoms with van der Waals surface area (Å²) in [5.74, 6) is -0.246. The number of amides is 1. The Balaban J connectivity index is 1.82. The summed E-state index contributed by atoms with van der Waals surface area (Å²) in [5.41, 5.74) is 3.60. The molecule has 2 aromatic carbocycles. The summed E-state index contributed by atoms with van der Waals surface area (Å²) in [6, 6.07) is 17.4. The van der Waals surface area contributed by atoms with Crippen LogP contribution in [0.5, 0.6) is 0 Å². The molecule has 0 aliphatic rings. The standard InChI is InChI=1S/C23H20BrN3OS/c1-2-3-7-19-15-29-23(26-22(28)16-9-11-18(24)12-10-16)27(19)20-13-17-6-4-5-8-21(17)25-14-20/h4-6,8-15H,2-3,7H2,1H3. The smallest absolute Gasteiger partial charge is 0.279 e. The number of nitrogens with zero attached hydrogens (tertiary/aromatic N) is 3. The van der Waals surface area contributed by atoms with Crippen molar-refractivity contribution >= 4 is 44.1 Å². The van der Waals surface area contributed by atoms with Crippen LogP contribution in [0.4, 0.5) is 0 Å². The van der Waals surface area contributed by atoms with Crippen molar-refractivity contribution in [3.05, 3.63) is 86.7 Å². The van der Waals surface area contributed by atoms with Gasteiger partial charge in [-0.1, -0.05) is 47.5 Å². The highest BCUT2D eigenvalue weighted by Gasteiger charge is 2.11. The summed E-state index contributed by atoms with van der Waals surface area (Å²) in [6.07, 6.45) is 4.98. The quantitative estimate of drug-likeness (QED) is 0.366. The van der Waals surface area contributed by atoms with E-state index in [9.17, 15) is 4.79 Å². The first-order chi connectivity index (χ1) is 14.2. The van der Waals surface area contributed by atoms with E-state index in [4.69, 9.17) is 0 Å². The van der Waals surface area contributed by atoms with Crippen LogP contribution in [0.2, 0.25) is 0 Å². The molecule has 0 radical (unpaired) electrons. The number of rotatable bonds is 5. The molecular weight excluding hydrogens is 446 g/mol.